The van der Waals surface area contributed by atoms with Crippen molar-refractivity contribution in [3.05, 3.63) is 24.2 Å². The van der Waals surface area contributed by atoms with Crippen molar-refractivity contribution in [1.82, 2.24) is 0 Å². The summed E-state index contributed by atoms with van der Waals surface area (Å²) in [5.41, 5.74) is 2.53. The van der Waals surface area contributed by atoms with Gasteiger partial charge >= 0.3 is 11.9 Å². The summed E-state index contributed by atoms with van der Waals surface area (Å²) in [6.07, 6.45) is 16.5. The third kappa shape index (κ3) is 3.33. The second-order valence-electron chi connectivity index (χ2n) is 11.2. The van der Waals surface area contributed by atoms with E-state index in [-0.39, 0.29) is 0 Å². The first-order valence-electron chi connectivity index (χ1n) is 11.9. The molecule has 1 aromatic heterocycles. The molecule has 0 radical (unpaired) electrons. The Bertz CT molecular complexity index is 836. The maximum atomic E-state index is 9.10. The number of epoxide rings is 1. The zero-order valence-electron chi connectivity index (χ0n) is 18.5. The Labute approximate surface area is 183 Å². The maximum Gasteiger partial charge on any atom is 0.414 e. The van der Waals surface area contributed by atoms with E-state index in [1.165, 1.54) is 56.9 Å². The molecule has 1 aliphatic heterocycles. The van der Waals surface area contributed by atoms with Crippen molar-refractivity contribution >= 4 is 11.9 Å². The molecular weight excluding hydrogens is 396 g/mol. The van der Waals surface area contributed by atoms with Gasteiger partial charge in [0.25, 0.3) is 0 Å². The van der Waals surface area contributed by atoms with Crippen LogP contribution in [0.15, 0.2) is 23.0 Å². The van der Waals surface area contributed by atoms with Gasteiger partial charge in [0.2, 0.25) is 0 Å². The normalized spacial score (nSPS) is 47.0. The fraction of sp³-hybridized carbons (Fsp3) is 0.760. The van der Waals surface area contributed by atoms with Crippen LogP contribution < -0.4 is 0 Å². The van der Waals surface area contributed by atoms with Gasteiger partial charge in [-0.2, -0.15) is 0 Å². The van der Waals surface area contributed by atoms with Crippen molar-refractivity contribution in [3.8, 4) is 0 Å². The van der Waals surface area contributed by atoms with Gasteiger partial charge in [-0.3, -0.25) is 0 Å². The molecule has 2 unspecified atom stereocenters. The number of rotatable bonds is 1. The summed E-state index contributed by atoms with van der Waals surface area (Å²) < 4.78 is 11.4. The van der Waals surface area contributed by atoms with Crippen LogP contribution in [0.5, 0.6) is 0 Å². The lowest BCUT2D eigenvalue weighted by molar-refractivity contribution is -0.159. The highest BCUT2D eigenvalue weighted by atomic mass is 16.6. The summed E-state index contributed by atoms with van der Waals surface area (Å²) in [6.45, 7) is 5.27. The molecule has 6 heteroatoms. The summed E-state index contributed by atoms with van der Waals surface area (Å²) in [5.74, 6) is 0.870. The standard InChI is InChI=1S/C23H32O2.C2H2O4/c1-22-9-7-19-16(18(22)6-5-17(22)14-8-10-24-13-14)4-3-15-11-20-21(25-20)12-23(15,19)2;3-1(4)2(5)6/h8,10,13,15-21H,3-7,9,11-12H2,1-2H3;(H,3,4)(H,5,6)/t15-,16+,17-,18+,19+,20?,21?,22-,23+;/m1./s1. The van der Waals surface area contributed by atoms with E-state index in [0.717, 1.165) is 29.6 Å². The minimum Gasteiger partial charge on any atom is -0.473 e. The molecule has 1 aromatic rings. The number of hydrogen-bond acceptors (Lipinski definition) is 4. The molecule has 31 heavy (non-hydrogen) atoms. The molecule has 1 saturated heterocycles. The largest absolute Gasteiger partial charge is 0.473 e. The summed E-state index contributed by atoms with van der Waals surface area (Å²) in [6, 6.07) is 2.23. The fourth-order valence-electron chi connectivity index (χ4n) is 8.54. The third-order valence-electron chi connectivity index (χ3n) is 10.0. The molecule has 6 nitrogen and oxygen atoms in total. The zero-order chi connectivity index (χ0) is 22.0. The summed E-state index contributed by atoms with van der Waals surface area (Å²) >= 11 is 0. The minimum atomic E-state index is -1.82. The smallest absolute Gasteiger partial charge is 0.414 e. The van der Waals surface area contributed by atoms with E-state index in [9.17, 15) is 0 Å². The van der Waals surface area contributed by atoms with Crippen LogP contribution in [0.4, 0.5) is 0 Å². The second-order valence-corrected chi connectivity index (χ2v) is 11.2. The predicted molar refractivity (Wildman–Crippen MR) is 112 cm³/mol. The quantitative estimate of drug-likeness (QED) is 0.483. The molecule has 0 aromatic carbocycles. The minimum absolute atomic E-state index is 0.502. The summed E-state index contributed by atoms with van der Waals surface area (Å²) in [5, 5.41) is 14.8. The average molecular weight is 431 g/mol. The molecule has 4 saturated carbocycles. The Kier molecular flexibility index (Phi) is 5.00. The molecule has 0 amide bonds. The molecule has 4 aliphatic carbocycles. The van der Waals surface area contributed by atoms with E-state index in [2.05, 4.69) is 19.9 Å². The van der Waals surface area contributed by atoms with Gasteiger partial charge in [0.05, 0.1) is 24.7 Å². The predicted octanol–water partition coefficient (Wildman–Crippen LogP) is 4.94. The van der Waals surface area contributed by atoms with Crippen molar-refractivity contribution in [3.63, 3.8) is 0 Å². The third-order valence-corrected chi connectivity index (χ3v) is 10.0. The zero-order valence-corrected chi connectivity index (χ0v) is 18.5. The van der Waals surface area contributed by atoms with E-state index >= 15 is 0 Å². The lowest BCUT2D eigenvalue weighted by atomic mass is 9.45. The molecule has 170 valence electrons. The van der Waals surface area contributed by atoms with Gasteiger partial charge in [0, 0.05) is 0 Å². The van der Waals surface area contributed by atoms with Crippen LogP contribution >= 0.6 is 0 Å². The van der Waals surface area contributed by atoms with Crippen LogP contribution in [-0.2, 0) is 14.3 Å². The van der Waals surface area contributed by atoms with Gasteiger partial charge < -0.3 is 19.4 Å². The first-order valence-corrected chi connectivity index (χ1v) is 11.9. The first-order chi connectivity index (χ1) is 14.7. The van der Waals surface area contributed by atoms with Crippen molar-refractivity contribution in [2.24, 2.45) is 34.5 Å². The Morgan fingerprint density at radius 2 is 1.71 bits per heavy atom. The van der Waals surface area contributed by atoms with Gasteiger partial charge in [-0.25, -0.2) is 9.59 Å². The van der Waals surface area contributed by atoms with Crippen LogP contribution in [0.2, 0.25) is 0 Å². The van der Waals surface area contributed by atoms with E-state index in [1.807, 2.05) is 12.5 Å². The van der Waals surface area contributed by atoms with Gasteiger partial charge in [-0.15, -0.1) is 0 Å². The van der Waals surface area contributed by atoms with Crippen LogP contribution in [0.25, 0.3) is 0 Å². The summed E-state index contributed by atoms with van der Waals surface area (Å²) in [7, 11) is 0. The Morgan fingerprint density at radius 1 is 0.968 bits per heavy atom. The van der Waals surface area contributed by atoms with Crippen LogP contribution in [0, 0.1) is 34.5 Å². The van der Waals surface area contributed by atoms with E-state index in [0.29, 0.717) is 23.0 Å². The van der Waals surface area contributed by atoms with Gasteiger partial charge in [-0.1, -0.05) is 13.8 Å². The maximum absolute atomic E-state index is 9.10. The number of furan rings is 1. The van der Waals surface area contributed by atoms with Crippen LogP contribution in [0.1, 0.15) is 76.7 Å². The number of carbonyl (C=O) groups is 2. The van der Waals surface area contributed by atoms with Crippen LogP contribution in [0.3, 0.4) is 0 Å². The number of carboxylic acid groups (broad SMARTS) is 2. The topological polar surface area (TPSA) is 100 Å². The van der Waals surface area contributed by atoms with E-state index in [4.69, 9.17) is 29.0 Å². The highest BCUT2D eigenvalue weighted by molar-refractivity contribution is 6.27. The van der Waals surface area contributed by atoms with Crippen molar-refractivity contribution in [2.75, 3.05) is 0 Å². The molecule has 5 fully saturated rings. The fourth-order valence-corrected chi connectivity index (χ4v) is 8.54. The first kappa shape index (κ1) is 21.0. The van der Waals surface area contributed by atoms with Crippen molar-refractivity contribution in [2.45, 2.75) is 83.3 Å². The molecule has 9 atom stereocenters. The lowest BCUT2D eigenvalue weighted by Crippen LogP contribution is -2.53. The SMILES string of the molecule is C[C@]12CC3OC3C[C@H]1CC[C@@H]1[C@@H]2CC[C@]2(C)[C@@H](c3ccoc3)CC[C@@H]12.O=C(O)C(=O)O. The number of ether oxygens (including phenoxy) is 1. The molecule has 5 aliphatic rings. The molecular formula is C25H34O6. The molecule has 6 rings (SSSR count). The van der Waals surface area contributed by atoms with E-state index < -0.39 is 11.9 Å². The number of aliphatic carboxylic acids is 2. The van der Waals surface area contributed by atoms with Gasteiger partial charge in [-0.05, 0) is 103 Å². The number of fused-ring (bicyclic) bond motifs is 6. The number of carboxylic acids is 2. The van der Waals surface area contributed by atoms with Crippen LogP contribution in [-0.4, -0.2) is 34.4 Å². The van der Waals surface area contributed by atoms with Crippen molar-refractivity contribution in [1.29, 1.82) is 0 Å². The lowest BCUT2D eigenvalue weighted by Gasteiger charge is -2.60. The average Bonchev–Trinajstić information content (AvgIpc) is 3.10. The van der Waals surface area contributed by atoms with E-state index in [1.54, 1.807) is 0 Å². The summed E-state index contributed by atoms with van der Waals surface area (Å²) in [4.78, 5) is 18.2. The Balaban J connectivity index is 0.000000303. The highest BCUT2D eigenvalue weighted by Crippen LogP contribution is 2.70. The monoisotopic (exact) mass is 430 g/mol. The second kappa shape index (κ2) is 7.36. The Hall–Kier alpha value is -1.82. The molecule has 0 spiro atoms. The number of hydrogen-bond donors (Lipinski definition) is 2. The van der Waals surface area contributed by atoms with Crippen molar-refractivity contribution < 1.29 is 29.0 Å². The molecule has 0 bridgehead atoms. The highest BCUT2D eigenvalue weighted by Gasteiger charge is 2.63. The molecule has 2 N–H and O–H groups in total. The van der Waals surface area contributed by atoms with Gasteiger partial charge in [0.15, 0.2) is 0 Å². The molecule has 2 heterocycles. The van der Waals surface area contributed by atoms with Gasteiger partial charge in [0.1, 0.15) is 0 Å². The Morgan fingerprint density at radius 3 is 2.39 bits per heavy atom.